The molecule has 4 aromatic carbocycles. The quantitative estimate of drug-likeness (QED) is 0.223. The van der Waals surface area contributed by atoms with Gasteiger partial charge in [-0.15, -0.1) is 0 Å². The van der Waals surface area contributed by atoms with Crippen LogP contribution in [0.15, 0.2) is 84.9 Å². The van der Waals surface area contributed by atoms with Crippen LogP contribution in [0.2, 0.25) is 0 Å². The number of aryl methyl sites for hydroxylation is 1. The van der Waals surface area contributed by atoms with Crippen molar-refractivity contribution in [3.05, 3.63) is 124 Å². The van der Waals surface area contributed by atoms with Crippen LogP contribution in [0.1, 0.15) is 52.1 Å². The molecule has 0 radical (unpaired) electrons. The molecule has 0 aliphatic carbocycles. The van der Waals surface area contributed by atoms with E-state index in [2.05, 4.69) is 5.32 Å². The molecule has 0 bridgehead atoms. The molecular formula is C35H35F2LiN2O4S. The molecular weight excluding hydrogens is 589 g/mol. The minimum Gasteiger partial charge on any atom is -0.548 e. The third-order valence-corrected chi connectivity index (χ3v) is 8.00. The van der Waals surface area contributed by atoms with Crippen molar-refractivity contribution < 1.29 is 47.4 Å². The van der Waals surface area contributed by atoms with E-state index in [-0.39, 0.29) is 31.8 Å². The Morgan fingerprint density at radius 3 is 2.24 bits per heavy atom. The molecule has 0 aromatic heterocycles. The summed E-state index contributed by atoms with van der Waals surface area (Å²) >= 11 is 1.48. The number of carbonyl (C=O) groups is 2. The van der Waals surface area contributed by atoms with E-state index >= 15 is 0 Å². The molecule has 2 unspecified atom stereocenters. The topological polar surface area (TPSA) is 92.7 Å². The van der Waals surface area contributed by atoms with Crippen molar-refractivity contribution in [1.82, 2.24) is 5.32 Å². The summed E-state index contributed by atoms with van der Waals surface area (Å²) in [5, 5.41) is 24.6. The fourth-order valence-electron chi connectivity index (χ4n) is 5.07. The predicted molar refractivity (Wildman–Crippen MR) is 169 cm³/mol. The first-order valence-electron chi connectivity index (χ1n) is 14.2. The minimum atomic E-state index is -1.34. The Labute approximate surface area is 279 Å². The smallest absolute Gasteiger partial charge is 0.548 e. The van der Waals surface area contributed by atoms with Gasteiger partial charge in [0.05, 0.1) is 18.1 Å². The van der Waals surface area contributed by atoms with Crippen molar-refractivity contribution in [2.75, 3.05) is 16.9 Å². The van der Waals surface area contributed by atoms with Gasteiger partial charge in [0, 0.05) is 30.4 Å². The first kappa shape index (κ1) is 35.9. The van der Waals surface area contributed by atoms with E-state index in [9.17, 15) is 28.6 Å². The summed E-state index contributed by atoms with van der Waals surface area (Å²) in [5.41, 5.74) is 5.32. The summed E-state index contributed by atoms with van der Waals surface area (Å²) in [4.78, 5) is 27.2. The summed E-state index contributed by atoms with van der Waals surface area (Å²) in [7, 11) is 0. The molecule has 4 rings (SSSR count). The Kier molecular flexibility index (Phi) is 13.3. The summed E-state index contributed by atoms with van der Waals surface area (Å²) in [6.07, 6.45) is 1.38. The number of carboxylic acids is 1. The van der Waals surface area contributed by atoms with Gasteiger partial charge in [-0.25, -0.2) is 8.78 Å². The molecule has 10 heteroatoms. The molecule has 6 nitrogen and oxygen atoms in total. The van der Waals surface area contributed by atoms with Gasteiger partial charge >= 0.3 is 18.9 Å². The number of amides is 1. The fourth-order valence-corrected chi connectivity index (χ4v) is 5.54. The van der Waals surface area contributed by atoms with Gasteiger partial charge in [-0.2, -0.15) is 11.8 Å². The third-order valence-electron chi connectivity index (χ3n) is 7.35. The Hall–Kier alpha value is -3.61. The molecule has 45 heavy (non-hydrogen) atoms. The number of thioether (sulfide) groups is 1. The molecule has 2 N–H and O–H groups in total. The second-order valence-electron chi connectivity index (χ2n) is 10.7. The fraction of sp³-hybridized carbons (Fsp3) is 0.257. The molecule has 0 aliphatic heterocycles. The van der Waals surface area contributed by atoms with E-state index in [0.717, 1.165) is 28.4 Å². The zero-order valence-corrected chi connectivity index (χ0v) is 26.7. The van der Waals surface area contributed by atoms with Crippen LogP contribution in [0.4, 0.5) is 14.5 Å². The van der Waals surface area contributed by atoms with E-state index < -0.39 is 35.7 Å². The van der Waals surface area contributed by atoms with Crippen molar-refractivity contribution in [3.63, 3.8) is 0 Å². The molecule has 2 atom stereocenters. The van der Waals surface area contributed by atoms with E-state index in [4.69, 9.17) is 0 Å². The largest absolute Gasteiger partial charge is 1.00 e. The maximum atomic E-state index is 14.1. The molecule has 0 saturated carbocycles. The molecule has 4 aromatic rings. The van der Waals surface area contributed by atoms with Gasteiger partial charge in [0.25, 0.3) is 5.91 Å². The Morgan fingerprint density at radius 2 is 1.60 bits per heavy atom. The van der Waals surface area contributed by atoms with Crippen LogP contribution in [0.5, 0.6) is 0 Å². The standard InChI is InChI=1S/C35H36F2N2O4S.Li/c1-22-7-4-5-10-30(22)32-17-24(11-12-31(32)34(41)38-33(35(42)43)13-14-44-3)20-39(21-25-15-27(36)19-28(37)16-25)29-9-6-8-26(18-29)23(2)40;/h4-12,15-19,23,33,40H,13-14,20-21H2,1-3H3,(H,38,41)(H,42,43);/q;+1/p-1. The maximum Gasteiger partial charge on any atom is 1.00 e. The van der Waals surface area contributed by atoms with Gasteiger partial charge in [0.1, 0.15) is 11.6 Å². The van der Waals surface area contributed by atoms with E-state index in [1.807, 2.05) is 66.6 Å². The number of halogens is 2. The van der Waals surface area contributed by atoms with Crippen LogP contribution in [0.3, 0.4) is 0 Å². The van der Waals surface area contributed by atoms with Crippen LogP contribution in [-0.4, -0.2) is 35.0 Å². The summed E-state index contributed by atoms with van der Waals surface area (Å²) in [6, 6.07) is 22.5. The molecule has 0 heterocycles. The molecule has 0 spiro atoms. The Bertz CT molecular complexity index is 1620. The summed E-state index contributed by atoms with van der Waals surface area (Å²) in [6.45, 7) is 4.06. The first-order valence-corrected chi connectivity index (χ1v) is 15.6. The van der Waals surface area contributed by atoms with Crippen molar-refractivity contribution in [1.29, 1.82) is 0 Å². The average Bonchev–Trinajstić information content (AvgIpc) is 2.98. The third kappa shape index (κ3) is 9.69. The van der Waals surface area contributed by atoms with Crippen LogP contribution in [0.25, 0.3) is 11.1 Å². The second-order valence-corrected chi connectivity index (χ2v) is 11.7. The van der Waals surface area contributed by atoms with Crippen molar-refractivity contribution >= 4 is 29.3 Å². The number of carboxylic acid groups (broad SMARTS) is 1. The number of hydrogen-bond acceptors (Lipinski definition) is 6. The molecule has 0 saturated heterocycles. The van der Waals surface area contributed by atoms with Crippen LogP contribution in [-0.2, 0) is 17.9 Å². The number of nitrogens with one attached hydrogen (secondary N) is 1. The Morgan fingerprint density at radius 1 is 0.911 bits per heavy atom. The number of carbonyl (C=O) groups excluding carboxylic acids is 2. The van der Waals surface area contributed by atoms with Gasteiger partial charge in [-0.1, -0.05) is 42.5 Å². The molecule has 230 valence electrons. The molecule has 1 amide bonds. The van der Waals surface area contributed by atoms with Crippen molar-refractivity contribution in [3.8, 4) is 11.1 Å². The number of aliphatic hydroxyl groups excluding tert-OH is 1. The normalized spacial score (nSPS) is 12.1. The zero-order chi connectivity index (χ0) is 31.8. The van der Waals surface area contributed by atoms with Gasteiger partial charge in [-0.3, -0.25) is 4.79 Å². The average molecular weight is 625 g/mol. The van der Waals surface area contributed by atoms with Gasteiger partial charge in [-0.05, 0) is 102 Å². The van der Waals surface area contributed by atoms with E-state index in [1.165, 1.54) is 23.9 Å². The monoisotopic (exact) mass is 624 g/mol. The van der Waals surface area contributed by atoms with E-state index in [0.29, 0.717) is 34.6 Å². The summed E-state index contributed by atoms with van der Waals surface area (Å²) < 4.78 is 28.2. The predicted octanol–water partition coefficient (Wildman–Crippen LogP) is 2.81. The van der Waals surface area contributed by atoms with Crippen molar-refractivity contribution in [2.24, 2.45) is 0 Å². The molecule has 0 fully saturated rings. The SMILES string of the molecule is CSCCC(NC(=O)c1ccc(CN(Cc2cc(F)cc(F)c2)c2cccc(C(C)O)c2)cc1-c1ccccc1C)C(=O)[O-].[Li+]. The number of rotatable bonds is 13. The first-order chi connectivity index (χ1) is 21.0. The number of nitrogens with zero attached hydrogens (tertiary/aromatic N) is 1. The minimum absolute atomic E-state index is 0. The van der Waals surface area contributed by atoms with Gasteiger partial charge in [0.2, 0.25) is 0 Å². The van der Waals surface area contributed by atoms with Gasteiger partial charge < -0.3 is 25.2 Å². The number of anilines is 1. The van der Waals surface area contributed by atoms with Crippen LogP contribution < -0.4 is 34.2 Å². The van der Waals surface area contributed by atoms with Gasteiger partial charge in [0.15, 0.2) is 0 Å². The summed E-state index contributed by atoms with van der Waals surface area (Å²) in [5.74, 6) is -2.68. The number of hydrogen-bond donors (Lipinski definition) is 2. The van der Waals surface area contributed by atoms with Crippen LogP contribution in [0, 0.1) is 18.6 Å². The Balaban J connectivity index is 0.00000552. The maximum absolute atomic E-state index is 14.1. The molecule has 0 aliphatic rings. The number of aliphatic hydroxyl groups is 1. The van der Waals surface area contributed by atoms with Crippen molar-refractivity contribution in [2.45, 2.75) is 45.5 Å². The second kappa shape index (κ2) is 16.6. The number of aliphatic carboxylic acids is 1. The number of benzene rings is 4. The zero-order valence-electron chi connectivity index (χ0n) is 25.8. The van der Waals surface area contributed by atoms with E-state index in [1.54, 1.807) is 25.1 Å². The van der Waals surface area contributed by atoms with Crippen LogP contribution >= 0.6 is 11.8 Å².